The lowest BCUT2D eigenvalue weighted by molar-refractivity contribution is 0.137. The Balaban J connectivity index is 2.21. The van der Waals surface area contributed by atoms with Gasteiger partial charge in [-0.15, -0.1) is 0 Å². The molecular weight excluding hydrogens is 203 g/mol. The van der Waals surface area contributed by atoms with E-state index in [1.165, 1.54) is 6.20 Å². The zero-order valence-corrected chi connectivity index (χ0v) is 8.46. The summed E-state index contributed by atoms with van der Waals surface area (Å²) in [6.45, 7) is 4.14. The molecule has 0 spiro atoms. The number of halogens is 2. The van der Waals surface area contributed by atoms with Crippen molar-refractivity contribution in [1.29, 1.82) is 0 Å². The van der Waals surface area contributed by atoms with Gasteiger partial charge in [0, 0.05) is 11.7 Å². The minimum Gasteiger partial charge on any atom is -0.404 e. The molecule has 80 valence electrons. The Hall–Kier alpha value is -1.01. The smallest absolute Gasteiger partial charge is 0.404 e. The van der Waals surface area contributed by atoms with Crippen molar-refractivity contribution in [3.05, 3.63) is 24.0 Å². The molecule has 0 unspecified atom stereocenters. The summed E-state index contributed by atoms with van der Waals surface area (Å²) in [5.41, 5.74) is -0.0188. The molecule has 3 nitrogen and oxygen atoms in total. The highest BCUT2D eigenvalue weighted by molar-refractivity contribution is 6.61. The first-order chi connectivity index (χ1) is 6.98. The average Bonchev–Trinajstić information content (AvgIpc) is 2.51. The van der Waals surface area contributed by atoms with Gasteiger partial charge in [-0.25, -0.2) is 9.37 Å². The van der Waals surface area contributed by atoms with Gasteiger partial charge in [-0.05, 0) is 19.9 Å². The van der Waals surface area contributed by atoms with E-state index in [-0.39, 0.29) is 0 Å². The van der Waals surface area contributed by atoms with Crippen LogP contribution in [0, 0.1) is 11.8 Å². The Kier molecular flexibility index (Phi) is 2.48. The molecular formula is C9H10BF2NO2. The van der Waals surface area contributed by atoms with Crippen LogP contribution in [0.25, 0.3) is 0 Å². The van der Waals surface area contributed by atoms with Crippen molar-refractivity contribution in [3.8, 4) is 0 Å². The first-order valence-corrected chi connectivity index (χ1v) is 4.58. The van der Waals surface area contributed by atoms with E-state index in [4.69, 9.17) is 9.31 Å². The number of hydrogen-bond donors (Lipinski definition) is 0. The molecule has 1 aromatic heterocycles. The highest BCUT2D eigenvalue weighted by atomic mass is 19.2. The normalized spacial score (nSPS) is 19.6. The summed E-state index contributed by atoms with van der Waals surface area (Å²) in [6.07, 6.45) is 1.21. The van der Waals surface area contributed by atoms with Crippen molar-refractivity contribution in [3.63, 3.8) is 0 Å². The summed E-state index contributed by atoms with van der Waals surface area (Å²) in [5.74, 6) is -2.11. The molecule has 1 saturated heterocycles. The molecule has 0 bridgehead atoms. The van der Waals surface area contributed by atoms with E-state index in [0.717, 1.165) is 6.07 Å². The molecule has 1 aromatic rings. The maximum atomic E-state index is 12.9. The third kappa shape index (κ3) is 2.16. The predicted molar refractivity (Wildman–Crippen MR) is 50.7 cm³/mol. The number of nitrogens with zero attached hydrogens (tertiary/aromatic N) is 1. The van der Waals surface area contributed by atoms with Gasteiger partial charge in [0.2, 0.25) is 5.95 Å². The van der Waals surface area contributed by atoms with Crippen molar-refractivity contribution < 1.29 is 18.1 Å². The van der Waals surface area contributed by atoms with E-state index >= 15 is 0 Å². The molecule has 1 fully saturated rings. The second-order valence-electron chi connectivity index (χ2n) is 4.06. The molecule has 0 atom stereocenters. The van der Waals surface area contributed by atoms with Crippen LogP contribution in [0.3, 0.4) is 0 Å². The summed E-state index contributed by atoms with van der Waals surface area (Å²) < 4.78 is 36.2. The van der Waals surface area contributed by atoms with Crippen molar-refractivity contribution in [2.24, 2.45) is 0 Å². The summed E-state index contributed by atoms with van der Waals surface area (Å²) in [6, 6.07) is 1.04. The lowest BCUT2D eigenvalue weighted by Crippen LogP contribution is -2.35. The van der Waals surface area contributed by atoms with Gasteiger partial charge in [-0.1, -0.05) is 0 Å². The average molecular weight is 213 g/mol. The van der Waals surface area contributed by atoms with Crippen LogP contribution in [-0.4, -0.2) is 24.3 Å². The standard InChI is InChI=1S/C9H10BF2NO2/c1-9(2)5-14-10(15-9)6-3-7(11)8(12)13-4-6/h3-4H,5H2,1-2H3. The van der Waals surface area contributed by atoms with Gasteiger partial charge < -0.3 is 9.31 Å². The van der Waals surface area contributed by atoms with Crippen molar-refractivity contribution >= 4 is 12.6 Å². The van der Waals surface area contributed by atoms with Gasteiger partial charge >= 0.3 is 7.12 Å². The van der Waals surface area contributed by atoms with Crippen LogP contribution in [0.1, 0.15) is 13.8 Å². The Labute approximate surface area is 86.6 Å². The van der Waals surface area contributed by atoms with E-state index < -0.39 is 24.5 Å². The van der Waals surface area contributed by atoms with E-state index in [9.17, 15) is 8.78 Å². The second-order valence-corrected chi connectivity index (χ2v) is 4.06. The largest absolute Gasteiger partial charge is 0.496 e. The zero-order chi connectivity index (χ0) is 11.1. The highest BCUT2D eigenvalue weighted by Gasteiger charge is 2.38. The van der Waals surface area contributed by atoms with Gasteiger partial charge in [0.1, 0.15) is 0 Å². The Bertz CT molecular complexity index is 386. The molecule has 0 aliphatic carbocycles. The minimum absolute atomic E-state index is 0.388. The number of rotatable bonds is 1. The quantitative estimate of drug-likeness (QED) is 0.512. The highest BCUT2D eigenvalue weighted by Crippen LogP contribution is 2.19. The van der Waals surface area contributed by atoms with Gasteiger partial charge in [-0.3, -0.25) is 0 Å². The summed E-state index contributed by atoms with van der Waals surface area (Å²) in [5, 5.41) is 0. The van der Waals surface area contributed by atoms with Crippen LogP contribution >= 0.6 is 0 Å². The first-order valence-electron chi connectivity index (χ1n) is 4.58. The second kappa shape index (κ2) is 3.54. The van der Waals surface area contributed by atoms with E-state index in [1.54, 1.807) is 0 Å². The molecule has 0 saturated carbocycles. The Morgan fingerprint density at radius 1 is 1.47 bits per heavy atom. The third-order valence-electron chi connectivity index (χ3n) is 2.10. The maximum absolute atomic E-state index is 12.9. The van der Waals surface area contributed by atoms with Gasteiger partial charge in [0.15, 0.2) is 5.82 Å². The number of aromatic nitrogens is 1. The van der Waals surface area contributed by atoms with Gasteiger partial charge in [0.25, 0.3) is 0 Å². The topological polar surface area (TPSA) is 31.4 Å². The monoisotopic (exact) mass is 213 g/mol. The van der Waals surface area contributed by atoms with E-state index in [2.05, 4.69) is 4.98 Å². The molecule has 15 heavy (non-hydrogen) atoms. The van der Waals surface area contributed by atoms with Gasteiger partial charge in [-0.2, -0.15) is 4.39 Å². The van der Waals surface area contributed by atoms with Crippen LogP contribution in [0.15, 0.2) is 12.3 Å². The fourth-order valence-corrected chi connectivity index (χ4v) is 1.36. The van der Waals surface area contributed by atoms with Crippen LogP contribution in [0.2, 0.25) is 0 Å². The molecule has 2 rings (SSSR count). The molecule has 2 heterocycles. The minimum atomic E-state index is -1.11. The van der Waals surface area contributed by atoms with Crippen LogP contribution in [0.4, 0.5) is 8.78 Å². The van der Waals surface area contributed by atoms with Crippen molar-refractivity contribution in [2.75, 3.05) is 6.61 Å². The maximum Gasteiger partial charge on any atom is 0.496 e. The van der Waals surface area contributed by atoms with Crippen LogP contribution in [-0.2, 0) is 9.31 Å². The van der Waals surface area contributed by atoms with Crippen LogP contribution in [0.5, 0.6) is 0 Å². The zero-order valence-electron chi connectivity index (χ0n) is 8.46. The Morgan fingerprint density at radius 3 is 2.73 bits per heavy atom. The predicted octanol–water partition coefficient (Wildman–Crippen LogP) is 0.880. The fraction of sp³-hybridized carbons (Fsp3) is 0.444. The summed E-state index contributed by atoms with van der Waals surface area (Å²) in [4.78, 5) is 3.27. The number of pyridine rings is 1. The molecule has 6 heteroatoms. The molecule has 0 N–H and O–H groups in total. The summed E-state index contributed by atoms with van der Waals surface area (Å²) in [7, 11) is -0.664. The lowest BCUT2D eigenvalue weighted by atomic mass is 9.80. The first kappa shape index (κ1) is 10.5. The van der Waals surface area contributed by atoms with Gasteiger partial charge in [0.05, 0.1) is 12.2 Å². The molecule has 1 aliphatic rings. The number of hydrogen-bond acceptors (Lipinski definition) is 3. The SMILES string of the molecule is CC1(C)COB(c2cnc(F)c(F)c2)O1. The lowest BCUT2D eigenvalue weighted by Gasteiger charge is -2.15. The molecule has 0 amide bonds. The molecule has 0 radical (unpaired) electrons. The van der Waals surface area contributed by atoms with E-state index in [1.807, 2.05) is 13.8 Å². The Morgan fingerprint density at radius 2 is 2.20 bits per heavy atom. The summed E-state index contributed by atoms with van der Waals surface area (Å²) >= 11 is 0. The van der Waals surface area contributed by atoms with Crippen molar-refractivity contribution in [1.82, 2.24) is 4.98 Å². The fourth-order valence-electron chi connectivity index (χ4n) is 1.36. The van der Waals surface area contributed by atoms with Crippen molar-refractivity contribution in [2.45, 2.75) is 19.4 Å². The molecule has 0 aromatic carbocycles. The third-order valence-corrected chi connectivity index (χ3v) is 2.10. The molecule has 1 aliphatic heterocycles. The van der Waals surface area contributed by atoms with E-state index in [0.29, 0.717) is 12.1 Å². The van der Waals surface area contributed by atoms with Crippen LogP contribution < -0.4 is 5.46 Å².